The van der Waals surface area contributed by atoms with Crippen LogP contribution >= 0.6 is 23.2 Å². The molecule has 2 heterocycles. The molecule has 4 nitrogen and oxygen atoms in total. The van der Waals surface area contributed by atoms with Gasteiger partial charge in [0, 0.05) is 27.6 Å². The van der Waals surface area contributed by atoms with Crippen LogP contribution in [0.2, 0.25) is 10.0 Å². The second-order valence-corrected chi connectivity index (χ2v) is 8.18. The molecule has 5 rings (SSSR count). The van der Waals surface area contributed by atoms with E-state index in [0.717, 1.165) is 40.3 Å². The molecule has 30 heavy (non-hydrogen) atoms. The lowest BCUT2D eigenvalue weighted by Crippen LogP contribution is -2.33. The maximum Gasteiger partial charge on any atom is 0.213 e. The molecule has 0 radical (unpaired) electrons. The van der Waals surface area contributed by atoms with Crippen molar-refractivity contribution in [2.75, 3.05) is 6.61 Å². The molecule has 0 N–H and O–H groups in total. The molecule has 0 aliphatic carbocycles. The molecule has 6 heteroatoms. The predicted octanol–water partition coefficient (Wildman–Crippen LogP) is 6.63. The van der Waals surface area contributed by atoms with Crippen molar-refractivity contribution < 1.29 is 9.47 Å². The number of hydrogen-bond donors (Lipinski definition) is 0. The molecule has 0 saturated carbocycles. The van der Waals surface area contributed by atoms with Gasteiger partial charge in [-0.25, -0.2) is 5.01 Å². The van der Waals surface area contributed by atoms with E-state index < -0.39 is 0 Å². The Balaban J connectivity index is 1.55. The maximum absolute atomic E-state index is 6.36. The van der Waals surface area contributed by atoms with Crippen LogP contribution in [0, 0.1) is 0 Å². The summed E-state index contributed by atoms with van der Waals surface area (Å²) in [7, 11) is 0. The molecule has 0 spiro atoms. The van der Waals surface area contributed by atoms with E-state index in [1.54, 1.807) is 0 Å². The van der Waals surface area contributed by atoms with Crippen LogP contribution < -0.4 is 9.47 Å². The van der Waals surface area contributed by atoms with Crippen LogP contribution in [0.15, 0.2) is 71.8 Å². The summed E-state index contributed by atoms with van der Waals surface area (Å²) >= 11 is 12.6. The summed E-state index contributed by atoms with van der Waals surface area (Å²) in [5.74, 6) is 1.68. The fraction of sp³-hybridized carbons (Fsp3) is 0.208. The fourth-order valence-corrected chi connectivity index (χ4v) is 4.40. The lowest BCUT2D eigenvalue weighted by atomic mass is 9.96. The molecular weight excluding hydrogens is 419 g/mol. The van der Waals surface area contributed by atoms with Crippen molar-refractivity contribution in [3.8, 4) is 11.5 Å². The summed E-state index contributed by atoms with van der Waals surface area (Å²) in [5.41, 5.74) is 4.09. The molecule has 3 aromatic carbocycles. The number of ether oxygens (including phenoxy) is 2. The van der Waals surface area contributed by atoms with Crippen molar-refractivity contribution in [2.45, 2.75) is 25.6 Å². The SMILES string of the molecule is CCOc1ccc(C2=NN3[C@H](C2)c2cc(Cl)ccc2O[C@@H]3c2cccc(Cl)c2)cc1. The van der Waals surface area contributed by atoms with E-state index in [9.17, 15) is 0 Å². The van der Waals surface area contributed by atoms with Gasteiger partial charge in [0.05, 0.1) is 18.4 Å². The molecule has 2 aliphatic rings. The Bertz CT molecular complexity index is 1110. The molecule has 0 amide bonds. The minimum Gasteiger partial charge on any atom is -0.494 e. The standard InChI is InChI=1S/C24H20Cl2N2O2/c1-2-29-19-9-6-15(7-10-19)21-14-22-20-13-18(26)8-11-23(20)30-24(28(22)27-21)16-4-3-5-17(25)12-16/h3-13,22,24H,2,14H2,1H3/t22-,24-/m1/s1. The molecule has 0 bridgehead atoms. The smallest absolute Gasteiger partial charge is 0.213 e. The molecule has 0 fully saturated rings. The highest BCUT2D eigenvalue weighted by molar-refractivity contribution is 6.31. The van der Waals surface area contributed by atoms with Crippen molar-refractivity contribution in [3.05, 3.63) is 93.5 Å². The van der Waals surface area contributed by atoms with Crippen molar-refractivity contribution in [1.29, 1.82) is 0 Å². The first-order valence-electron chi connectivity index (χ1n) is 9.93. The van der Waals surface area contributed by atoms with Gasteiger partial charge in [-0.3, -0.25) is 0 Å². The third-order valence-electron chi connectivity index (χ3n) is 5.38. The molecule has 152 valence electrons. The summed E-state index contributed by atoms with van der Waals surface area (Å²) in [6.45, 7) is 2.62. The molecular formula is C24H20Cl2N2O2. The Labute approximate surface area is 185 Å². The molecule has 2 atom stereocenters. The number of halogens is 2. The fourth-order valence-electron chi connectivity index (χ4n) is 4.02. The first kappa shape index (κ1) is 19.3. The summed E-state index contributed by atoms with van der Waals surface area (Å²) < 4.78 is 11.9. The van der Waals surface area contributed by atoms with E-state index in [0.29, 0.717) is 16.7 Å². The van der Waals surface area contributed by atoms with E-state index in [-0.39, 0.29) is 12.3 Å². The van der Waals surface area contributed by atoms with E-state index >= 15 is 0 Å². The first-order chi connectivity index (χ1) is 14.6. The minimum absolute atomic E-state index is 0.0398. The van der Waals surface area contributed by atoms with Gasteiger partial charge in [-0.1, -0.05) is 35.3 Å². The summed E-state index contributed by atoms with van der Waals surface area (Å²) in [5, 5.41) is 8.35. The Morgan fingerprint density at radius 1 is 1.03 bits per heavy atom. The van der Waals surface area contributed by atoms with Gasteiger partial charge in [0.15, 0.2) is 0 Å². The second kappa shape index (κ2) is 7.86. The highest BCUT2D eigenvalue weighted by Crippen LogP contribution is 2.48. The molecule has 0 saturated heterocycles. The van der Waals surface area contributed by atoms with Crippen LogP contribution in [0.4, 0.5) is 0 Å². The normalized spacial score (nSPS) is 19.6. The maximum atomic E-state index is 6.36. The zero-order valence-electron chi connectivity index (χ0n) is 16.4. The van der Waals surface area contributed by atoms with E-state index in [2.05, 4.69) is 12.1 Å². The van der Waals surface area contributed by atoms with Crippen molar-refractivity contribution in [1.82, 2.24) is 5.01 Å². The van der Waals surface area contributed by atoms with E-state index in [4.69, 9.17) is 37.8 Å². The largest absolute Gasteiger partial charge is 0.494 e. The van der Waals surface area contributed by atoms with Gasteiger partial charge < -0.3 is 9.47 Å². The number of hydrazone groups is 1. The summed E-state index contributed by atoms with van der Waals surface area (Å²) in [6, 6.07) is 21.6. The van der Waals surface area contributed by atoms with Crippen LogP contribution in [0.5, 0.6) is 11.5 Å². The quantitative estimate of drug-likeness (QED) is 0.457. The van der Waals surface area contributed by atoms with Gasteiger partial charge in [0.1, 0.15) is 11.5 Å². The van der Waals surface area contributed by atoms with Gasteiger partial charge in [-0.05, 0) is 67.1 Å². The lowest BCUT2D eigenvalue weighted by molar-refractivity contribution is -0.0190. The van der Waals surface area contributed by atoms with Crippen LogP contribution in [0.3, 0.4) is 0 Å². The molecule has 0 aromatic heterocycles. The third kappa shape index (κ3) is 3.51. The van der Waals surface area contributed by atoms with E-state index in [1.165, 1.54) is 0 Å². The van der Waals surface area contributed by atoms with Crippen LogP contribution in [-0.2, 0) is 0 Å². The van der Waals surface area contributed by atoms with Crippen molar-refractivity contribution in [2.24, 2.45) is 5.10 Å². The highest BCUT2D eigenvalue weighted by Gasteiger charge is 2.41. The Kier molecular flexibility index (Phi) is 5.05. The van der Waals surface area contributed by atoms with Crippen LogP contribution in [-0.4, -0.2) is 17.3 Å². The van der Waals surface area contributed by atoms with Crippen molar-refractivity contribution in [3.63, 3.8) is 0 Å². The van der Waals surface area contributed by atoms with Crippen molar-refractivity contribution >= 4 is 28.9 Å². The lowest BCUT2D eigenvalue weighted by Gasteiger charge is -2.38. The number of rotatable bonds is 4. The Morgan fingerprint density at radius 2 is 1.83 bits per heavy atom. The predicted molar refractivity (Wildman–Crippen MR) is 120 cm³/mol. The van der Waals surface area contributed by atoms with Crippen LogP contribution in [0.1, 0.15) is 42.3 Å². The monoisotopic (exact) mass is 438 g/mol. The van der Waals surface area contributed by atoms with E-state index in [1.807, 2.05) is 66.5 Å². The minimum atomic E-state index is -0.359. The summed E-state index contributed by atoms with van der Waals surface area (Å²) in [4.78, 5) is 0. The average Bonchev–Trinajstić information content (AvgIpc) is 3.20. The number of nitrogens with zero attached hydrogens (tertiary/aromatic N) is 2. The van der Waals surface area contributed by atoms with Gasteiger partial charge in [-0.2, -0.15) is 5.10 Å². The van der Waals surface area contributed by atoms with Gasteiger partial charge in [-0.15, -0.1) is 0 Å². The molecule has 0 unspecified atom stereocenters. The molecule has 2 aliphatic heterocycles. The van der Waals surface area contributed by atoms with Gasteiger partial charge in [0.25, 0.3) is 0 Å². The first-order valence-corrected chi connectivity index (χ1v) is 10.7. The second-order valence-electron chi connectivity index (χ2n) is 7.31. The topological polar surface area (TPSA) is 34.1 Å². The highest BCUT2D eigenvalue weighted by atomic mass is 35.5. The number of benzene rings is 3. The molecule has 3 aromatic rings. The average molecular weight is 439 g/mol. The third-order valence-corrected chi connectivity index (χ3v) is 5.85. The number of fused-ring (bicyclic) bond motifs is 3. The number of hydrogen-bond acceptors (Lipinski definition) is 4. The van der Waals surface area contributed by atoms with Crippen LogP contribution in [0.25, 0.3) is 0 Å². The van der Waals surface area contributed by atoms with Gasteiger partial charge >= 0.3 is 0 Å². The van der Waals surface area contributed by atoms with Gasteiger partial charge in [0.2, 0.25) is 6.23 Å². The summed E-state index contributed by atoms with van der Waals surface area (Å²) in [6.07, 6.45) is 0.407. The Hall–Kier alpha value is -2.69. The Morgan fingerprint density at radius 3 is 2.60 bits per heavy atom. The zero-order valence-corrected chi connectivity index (χ0v) is 17.9. The zero-order chi connectivity index (χ0) is 20.7.